The van der Waals surface area contributed by atoms with Crippen LogP contribution in [0.2, 0.25) is 0 Å². The number of hydrogen-bond donors (Lipinski definition) is 1. The molecule has 0 saturated heterocycles. The summed E-state index contributed by atoms with van der Waals surface area (Å²) in [5.74, 6) is 0.0117. The molecular formula is C17H31NOS. The molecule has 0 saturated carbocycles. The van der Waals surface area contributed by atoms with Gasteiger partial charge in [0.2, 0.25) is 5.91 Å². The van der Waals surface area contributed by atoms with E-state index < -0.39 is 5.41 Å². The van der Waals surface area contributed by atoms with Crippen molar-refractivity contribution in [3.63, 3.8) is 0 Å². The van der Waals surface area contributed by atoms with E-state index in [2.05, 4.69) is 38.6 Å². The van der Waals surface area contributed by atoms with E-state index in [1.165, 1.54) is 0 Å². The van der Waals surface area contributed by atoms with Crippen LogP contribution in [0.5, 0.6) is 0 Å². The normalized spacial score (nSPS) is 12.1. The highest BCUT2D eigenvalue weighted by molar-refractivity contribution is 7.99. The first kappa shape index (κ1) is 21.3. The van der Waals surface area contributed by atoms with Crippen LogP contribution in [0.1, 0.15) is 48.0 Å². The Hall–Kier alpha value is -0.960. The molecule has 0 rings (SSSR count). The van der Waals surface area contributed by atoms with Gasteiger partial charge in [-0.05, 0) is 24.8 Å². The number of rotatable bonds is 7. The fourth-order valence-corrected chi connectivity index (χ4v) is 2.31. The van der Waals surface area contributed by atoms with Crippen LogP contribution in [-0.4, -0.2) is 16.9 Å². The van der Waals surface area contributed by atoms with Gasteiger partial charge in [0.05, 0.1) is 0 Å². The van der Waals surface area contributed by atoms with Crippen LogP contribution in [0.3, 0.4) is 0 Å². The minimum absolute atomic E-state index is 0.0117. The maximum atomic E-state index is 12.3. The second-order valence-corrected chi connectivity index (χ2v) is 7.05. The van der Waals surface area contributed by atoms with Crippen molar-refractivity contribution in [2.45, 2.75) is 52.7 Å². The summed E-state index contributed by atoms with van der Waals surface area (Å²) >= 11 is 1.78. The van der Waals surface area contributed by atoms with Gasteiger partial charge in [-0.1, -0.05) is 60.8 Å². The Morgan fingerprint density at radius 3 is 2.05 bits per heavy atom. The third-order valence-electron chi connectivity index (χ3n) is 2.81. The van der Waals surface area contributed by atoms with Crippen LogP contribution >= 0.6 is 11.8 Å². The molecule has 0 aliphatic heterocycles. The lowest BCUT2D eigenvalue weighted by Crippen LogP contribution is -2.40. The number of hydrogen-bond acceptors (Lipinski definition) is 2. The third kappa shape index (κ3) is 8.26. The number of carbonyl (C=O) groups is 1. The van der Waals surface area contributed by atoms with Crippen LogP contribution in [0.15, 0.2) is 37.1 Å². The molecule has 20 heavy (non-hydrogen) atoms. The van der Waals surface area contributed by atoms with E-state index in [0.29, 0.717) is 5.70 Å². The molecule has 0 atom stereocenters. The second-order valence-electron chi connectivity index (χ2n) is 5.54. The number of amides is 1. The van der Waals surface area contributed by atoms with Crippen molar-refractivity contribution in [1.29, 1.82) is 0 Å². The average Bonchev–Trinajstić information content (AvgIpc) is 2.39. The van der Waals surface area contributed by atoms with Crippen molar-refractivity contribution >= 4 is 17.7 Å². The molecule has 3 heteroatoms. The molecule has 0 fully saturated rings. The molecule has 0 bridgehead atoms. The van der Waals surface area contributed by atoms with Gasteiger partial charge in [0, 0.05) is 15.9 Å². The fraction of sp³-hybridized carbons (Fsp3) is 0.588. The van der Waals surface area contributed by atoms with Crippen LogP contribution in [0.25, 0.3) is 0 Å². The van der Waals surface area contributed by atoms with E-state index in [1.807, 2.05) is 27.7 Å². The lowest BCUT2D eigenvalue weighted by Gasteiger charge is -2.32. The summed E-state index contributed by atoms with van der Waals surface area (Å²) in [7, 11) is 0. The summed E-state index contributed by atoms with van der Waals surface area (Å²) in [4.78, 5) is 12.3. The summed E-state index contributed by atoms with van der Waals surface area (Å²) in [5, 5.41) is 2.88. The predicted octanol–water partition coefficient (Wildman–Crippen LogP) is 4.94. The summed E-state index contributed by atoms with van der Waals surface area (Å²) in [6, 6.07) is 0. The Labute approximate surface area is 129 Å². The number of thioether (sulfide) groups is 1. The lowest BCUT2D eigenvalue weighted by atomic mass is 9.82. The summed E-state index contributed by atoms with van der Waals surface area (Å²) in [5.41, 5.74) is 0.264. The first-order chi connectivity index (χ1) is 9.18. The Morgan fingerprint density at radius 2 is 1.70 bits per heavy atom. The highest BCUT2D eigenvalue weighted by atomic mass is 32.2. The topological polar surface area (TPSA) is 29.1 Å². The van der Waals surface area contributed by atoms with E-state index in [-0.39, 0.29) is 10.7 Å². The molecule has 1 amide bonds. The largest absolute Gasteiger partial charge is 0.326 e. The van der Waals surface area contributed by atoms with Crippen LogP contribution in [0, 0.1) is 5.41 Å². The summed E-state index contributed by atoms with van der Waals surface area (Å²) < 4.78 is 0.0807. The quantitative estimate of drug-likeness (QED) is 0.674. The van der Waals surface area contributed by atoms with E-state index >= 15 is 0 Å². The zero-order valence-corrected chi connectivity index (χ0v) is 15.0. The number of carbonyl (C=O) groups excluding carboxylic acids is 1. The van der Waals surface area contributed by atoms with Crippen molar-refractivity contribution < 1.29 is 4.79 Å². The minimum atomic E-state index is -0.421. The Bertz CT molecular complexity index is 354. The van der Waals surface area contributed by atoms with Crippen LogP contribution in [-0.2, 0) is 4.79 Å². The van der Waals surface area contributed by atoms with Gasteiger partial charge in [-0.2, -0.15) is 11.8 Å². The average molecular weight is 298 g/mol. The number of nitrogens with one attached hydrogen (secondary N) is 1. The highest BCUT2D eigenvalue weighted by Crippen LogP contribution is 2.35. The second kappa shape index (κ2) is 9.87. The van der Waals surface area contributed by atoms with Crippen molar-refractivity contribution in [1.82, 2.24) is 5.32 Å². The van der Waals surface area contributed by atoms with Gasteiger partial charge >= 0.3 is 0 Å². The zero-order valence-electron chi connectivity index (χ0n) is 14.2. The molecule has 0 spiro atoms. The summed E-state index contributed by atoms with van der Waals surface area (Å²) in [6.07, 6.45) is 7.87. The monoisotopic (exact) mass is 297 g/mol. The number of allylic oxidation sites excluding steroid dienone is 3. The standard InChI is InChI=1S/C15H25NOS.C2H6/c1-8-10-12(9-2)16-13(17)14(3,4)11-15(5,6)18-7;1-2/h8-10H,1-2,11H2,3-7H3,(H,16,17);1-2H3/b12-10+;. The third-order valence-corrected chi connectivity index (χ3v) is 4.06. The zero-order chi connectivity index (χ0) is 16.4. The maximum absolute atomic E-state index is 12.3. The summed E-state index contributed by atoms with van der Waals surface area (Å²) in [6.45, 7) is 19.5. The van der Waals surface area contributed by atoms with Gasteiger partial charge in [0.15, 0.2) is 0 Å². The molecule has 0 aliphatic rings. The van der Waals surface area contributed by atoms with Crippen molar-refractivity contribution in [3.8, 4) is 0 Å². The van der Waals surface area contributed by atoms with E-state index in [9.17, 15) is 4.79 Å². The molecule has 0 aromatic heterocycles. The molecule has 0 unspecified atom stereocenters. The van der Waals surface area contributed by atoms with Crippen molar-refractivity contribution in [2.75, 3.05) is 6.26 Å². The van der Waals surface area contributed by atoms with Gasteiger partial charge in [0.25, 0.3) is 0 Å². The van der Waals surface area contributed by atoms with Crippen LogP contribution < -0.4 is 5.32 Å². The molecule has 0 aliphatic carbocycles. The molecule has 0 radical (unpaired) electrons. The maximum Gasteiger partial charge on any atom is 0.230 e. The molecule has 0 aromatic carbocycles. The molecular weight excluding hydrogens is 266 g/mol. The predicted molar refractivity (Wildman–Crippen MR) is 94.0 cm³/mol. The van der Waals surface area contributed by atoms with E-state index in [1.54, 1.807) is 30.0 Å². The molecule has 2 nitrogen and oxygen atoms in total. The first-order valence-corrected chi connectivity index (χ1v) is 8.23. The lowest BCUT2D eigenvalue weighted by molar-refractivity contribution is -0.129. The van der Waals surface area contributed by atoms with Crippen LogP contribution in [0.4, 0.5) is 0 Å². The van der Waals surface area contributed by atoms with Gasteiger partial charge in [-0.15, -0.1) is 0 Å². The highest BCUT2D eigenvalue weighted by Gasteiger charge is 2.34. The molecule has 1 N–H and O–H groups in total. The van der Waals surface area contributed by atoms with Crippen molar-refractivity contribution in [3.05, 3.63) is 37.1 Å². The fourth-order valence-electron chi connectivity index (χ4n) is 1.80. The Balaban J connectivity index is 0. The van der Waals surface area contributed by atoms with E-state index in [4.69, 9.17) is 0 Å². The molecule has 0 heterocycles. The van der Waals surface area contributed by atoms with Gasteiger partial charge < -0.3 is 5.32 Å². The van der Waals surface area contributed by atoms with Crippen molar-refractivity contribution in [2.24, 2.45) is 5.41 Å². The van der Waals surface area contributed by atoms with E-state index in [0.717, 1.165) is 6.42 Å². The minimum Gasteiger partial charge on any atom is -0.326 e. The van der Waals surface area contributed by atoms with Gasteiger partial charge in [-0.3, -0.25) is 4.79 Å². The smallest absolute Gasteiger partial charge is 0.230 e. The van der Waals surface area contributed by atoms with Gasteiger partial charge in [0.1, 0.15) is 0 Å². The SMILES string of the molecule is C=C/C=C(\C=C)NC(=O)C(C)(C)CC(C)(C)SC.CC. The first-order valence-electron chi connectivity index (χ1n) is 7.00. The van der Waals surface area contributed by atoms with Gasteiger partial charge in [-0.25, -0.2) is 0 Å². The molecule has 0 aromatic rings. The Morgan fingerprint density at radius 1 is 1.20 bits per heavy atom. The Kier molecular flexibility index (Phi) is 10.5. The molecule has 116 valence electrons.